The fourth-order valence-corrected chi connectivity index (χ4v) is 2.68. The number of anilines is 1. The predicted octanol–water partition coefficient (Wildman–Crippen LogP) is 3.38. The highest BCUT2D eigenvalue weighted by molar-refractivity contribution is 5.66. The van der Waals surface area contributed by atoms with Crippen molar-refractivity contribution in [2.45, 2.75) is 19.4 Å². The van der Waals surface area contributed by atoms with Crippen molar-refractivity contribution in [3.05, 3.63) is 59.9 Å². The number of imidazole rings is 1. The van der Waals surface area contributed by atoms with Gasteiger partial charge in [0.1, 0.15) is 11.6 Å². The second kappa shape index (κ2) is 4.56. The zero-order valence-electron chi connectivity index (χ0n) is 11.0. The molecule has 4 nitrogen and oxygen atoms in total. The molecule has 4 heteroatoms. The van der Waals surface area contributed by atoms with Gasteiger partial charge in [-0.05, 0) is 24.6 Å². The SMILES string of the molecule is c1ccc(NCc2nc3c([nH]2)CCc2occc2-3)cc1. The first kappa shape index (κ1) is 11.3. The van der Waals surface area contributed by atoms with E-state index >= 15 is 0 Å². The summed E-state index contributed by atoms with van der Waals surface area (Å²) < 4.78 is 5.48. The monoisotopic (exact) mass is 265 g/mol. The first-order valence-corrected chi connectivity index (χ1v) is 6.83. The number of hydrogen-bond acceptors (Lipinski definition) is 3. The Morgan fingerprint density at radius 3 is 2.95 bits per heavy atom. The molecule has 2 aromatic heterocycles. The molecule has 0 bridgehead atoms. The molecule has 1 aromatic carbocycles. The molecule has 0 spiro atoms. The van der Waals surface area contributed by atoms with Gasteiger partial charge in [0.05, 0.1) is 18.5 Å². The fraction of sp³-hybridized carbons (Fsp3) is 0.188. The van der Waals surface area contributed by atoms with Crippen LogP contribution >= 0.6 is 0 Å². The Bertz CT molecular complexity index is 727. The van der Waals surface area contributed by atoms with Gasteiger partial charge in [-0.25, -0.2) is 4.98 Å². The lowest BCUT2D eigenvalue weighted by molar-refractivity contribution is 0.506. The molecule has 0 saturated carbocycles. The van der Waals surface area contributed by atoms with E-state index in [-0.39, 0.29) is 0 Å². The van der Waals surface area contributed by atoms with Crippen LogP contribution in [-0.2, 0) is 19.4 Å². The van der Waals surface area contributed by atoms with Crippen molar-refractivity contribution in [1.29, 1.82) is 0 Å². The zero-order chi connectivity index (χ0) is 13.4. The number of H-pyrrole nitrogens is 1. The zero-order valence-corrected chi connectivity index (χ0v) is 11.0. The van der Waals surface area contributed by atoms with Gasteiger partial charge in [-0.3, -0.25) is 0 Å². The molecular weight excluding hydrogens is 250 g/mol. The second-order valence-electron chi connectivity index (χ2n) is 4.99. The third-order valence-corrected chi connectivity index (χ3v) is 3.66. The van der Waals surface area contributed by atoms with E-state index in [2.05, 4.69) is 22.4 Å². The van der Waals surface area contributed by atoms with E-state index in [1.54, 1.807) is 6.26 Å². The highest BCUT2D eigenvalue weighted by atomic mass is 16.3. The van der Waals surface area contributed by atoms with E-state index < -0.39 is 0 Å². The van der Waals surface area contributed by atoms with Crippen molar-refractivity contribution in [3.8, 4) is 11.3 Å². The average Bonchev–Trinajstić information content (AvgIpc) is 3.11. The molecule has 2 N–H and O–H groups in total. The predicted molar refractivity (Wildman–Crippen MR) is 77.5 cm³/mol. The summed E-state index contributed by atoms with van der Waals surface area (Å²) in [6.45, 7) is 0.699. The number of rotatable bonds is 3. The minimum absolute atomic E-state index is 0.699. The topological polar surface area (TPSA) is 53.9 Å². The summed E-state index contributed by atoms with van der Waals surface area (Å²) in [6, 6.07) is 12.2. The normalized spacial score (nSPS) is 12.8. The molecule has 0 unspecified atom stereocenters. The number of nitrogens with one attached hydrogen (secondary N) is 2. The summed E-state index contributed by atoms with van der Waals surface area (Å²) in [7, 11) is 0. The van der Waals surface area contributed by atoms with Crippen molar-refractivity contribution < 1.29 is 4.42 Å². The van der Waals surface area contributed by atoms with Crippen LogP contribution in [0.3, 0.4) is 0 Å². The first-order valence-electron chi connectivity index (χ1n) is 6.83. The number of hydrogen-bond donors (Lipinski definition) is 2. The third-order valence-electron chi connectivity index (χ3n) is 3.66. The van der Waals surface area contributed by atoms with E-state index in [9.17, 15) is 0 Å². The largest absolute Gasteiger partial charge is 0.469 e. The summed E-state index contributed by atoms with van der Waals surface area (Å²) in [6.07, 6.45) is 3.66. The average molecular weight is 265 g/mol. The van der Waals surface area contributed by atoms with Crippen LogP contribution in [0.15, 0.2) is 47.1 Å². The maximum atomic E-state index is 5.48. The number of fused-ring (bicyclic) bond motifs is 3. The lowest BCUT2D eigenvalue weighted by Gasteiger charge is -2.08. The van der Waals surface area contributed by atoms with Gasteiger partial charge in [-0.1, -0.05) is 18.2 Å². The Labute approximate surface area is 116 Å². The van der Waals surface area contributed by atoms with E-state index in [0.29, 0.717) is 6.54 Å². The number of aryl methyl sites for hydroxylation is 2. The molecule has 0 aliphatic heterocycles. The van der Waals surface area contributed by atoms with Crippen molar-refractivity contribution in [2.24, 2.45) is 0 Å². The Morgan fingerprint density at radius 2 is 2.05 bits per heavy atom. The highest BCUT2D eigenvalue weighted by Gasteiger charge is 2.22. The summed E-state index contributed by atoms with van der Waals surface area (Å²) in [5.41, 5.74) is 4.49. The van der Waals surface area contributed by atoms with Crippen molar-refractivity contribution in [2.75, 3.05) is 5.32 Å². The van der Waals surface area contributed by atoms with Gasteiger partial charge >= 0.3 is 0 Å². The molecule has 2 heterocycles. The van der Waals surface area contributed by atoms with E-state index in [4.69, 9.17) is 9.40 Å². The number of benzene rings is 1. The van der Waals surface area contributed by atoms with Gasteiger partial charge in [0, 0.05) is 23.4 Å². The van der Waals surface area contributed by atoms with Gasteiger partial charge < -0.3 is 14.7 Å². The molecule has 0 fully saturated rings. The van der Waals surface area contributed by atoms with Crippen molar-refractivity contribution in [3.63, 3.8) is 0 Å². The summed E-state index contributed by atoms with van der Waals surface area (Å²) in [5.74, 6) is 2.01. The Balaban J connectivity index is 1.57. The van der Waals surface area contributed by atoms with Crippen LogP contribution in [0, 0.1) is 0 Å². The van der Waals surface area contributed by atoms with Crippen molar-refractivity contribution >= 4 is 5.69 Å². The molecule has 0 radical (unpaired) electrons. The number of nitrogens with zero attached hydrogens (tertiary/aromatic N) is 1. The van der Waals surface area contributed by atoms with Crippen LogP contribution in [0.2, 0.25) is 0 Å². The maximum absolute atomic E-state index is 5.48. The Hall–Kier alpha value is -2.49. The molecule has 0 amide bonds. The van der Waals surface area contributed by atoms with Crippen LogP contribution < -0.4 is 5.32 Å². The Kier molecular flexibility index (Phi) is 2.59. The second-order valence-corrected chi connectivity index (χ2v) is 4.99. The van der Waals surface area contributed by atoms with E-state index in [1.165, 1.54) is 5.69 Å². The van der Waals surface area contributed by atoms with Crippen LogP contribution in [0.25, 0.3) is 11.3 Å². The highest BCUT2D eigenvalue weighted by Crippen LogP contribution is 2.32. The lowest BCUT2D eigenvalue weighted by atomic mass is 10.00. The molecular formula is C16H15N3O. The van der Waals surface area contributed by atoms with Crippen LogP contribution in [-0.4, -0.2) is 9.97 Å². The minimum Gasteiger partial charge on any atom is -0.469 e. The first-order chi connectivity index (χ1) is 9.90. The van der Waals surface area contributed by atoms with Crippen LogP contribution in [0.1, 0.15) is 17.3 Å². The fourth-order valence-electron chi connectivity index (χ4n) is 2.68. The number of aromatic nitrogens is 2. The van der Waals surface area contributed by atoms with Gasteiger partial charge in [0.2, 0.25) is 0 Å². The summed E-state index contributed by atoms with van der Waals surface area (Å²) in [4.78, 5) is 8.12. The third kappa shape index (κ3) is 1.90. The standard InChI is InChI=1S/C16H15N3O/c1-2-4-11(5-3-1)17-10-15-18-13-6-7-14-12(8-9-20-14)16(13)19-15/h1-5,8-9,17H,6-7,10H2,(H,18,19). The minimum atomic E-state index is 0.699. The van der Waals surface area contributed by atoms with E-state index in [1.807, 2.05) is 24.3 Å². The molecule has 0 atom stereocenters. The Morgan fingerprint density at radius 1 is 1.15 bits per heavy atom. The molecule has 100 valence electrons. The maximum Gasteiger partial charge on any atom is 0.126 e. The molecule has 0 saturated heterocycles. The molecule has 1 aliphatic carbocycles. The molecule has 3 aromatic rings. The number of furan rings is 1. The smallest absolute Gasteiger partial charge is 0.126 e. The molecule has 4 rings (SSSR count). The quantitative estimate of drug-likeness (QED) is 0.763. The van der Waals surface area contributed by atoms with E-state index in [0.717, 1.165) is 41.4 Å². The summed E-state index contributed by atoms with van der Waals surface area (Å²) in [5, 5.41) is 3.37. The van der Waals surface area contributed by atoms with Gasteiger partial charge in [-0.2, -0.15) is 0 Å². The molecule has 1 aliphatic rings. The van der Waals surface area contributed by atoms with Crippen LogP contribution in [0.5, 0.6) is 0 Å². The summed E-state index contributed by atoms with van der Waals surface area (Å²) >= 11 is 0. The van der Waals surface area contributed by atoms with Gasteiger partial charge in [-0.15, -0.1) is 0 Å². The lowest BCUT2D eigenvalue weighted by Crippen LogP contribution is -2.01. The number of para-hydroxylation sites is 1. The van der Waals surface area contributed by atoms with Crippen LogP contribution in [0.4, 0.5) is 5.69 Å². The molecule has 20 heavy (non-hydrogen) atoms. The van der Waals surface area contributed by atoms with Gasteiger partial charge in [0.15, 0.2) is 0 Å². The number of aromatic amines is 1. The van der Waals surface area contributed by atoms with Crippen molar-refractivity contribution in [1.82, 2.24) is 9.97 Å². The van der Waals surface area contributed by atoms with Gasteiger partial charge in [0.25, 0.3) is 0 Å².